The zero-order valence-electron chi connectivity index (χ0n) is 11.1. The number of nitrogens with zero attached hydrogens (tertiary/aromatic N) is 1. The van der Waals surface area contributed by atoms with E-state index < -0.39 is 0 Å². The highest BCUT2D eigenvalue weighted by Crippen LogP contribution is 2.39. The molecule has 2 aromatic carbocycles. The molecule has 1 amide bonds. The maximum absolute atomic E-state index is 12.6. The minimum absolute atomic E-state index is 0.105. The molecule has 0 bridgehead atoms. The average molecular weight is 261 g/mol. The Bertz CT molecular complexity index is 669. The number of carbonyl (C=O) groups is 1. The van der Waals surface area contributed by atoms with E-state index in [0.717, 1.165) is 16.8 Å². The molecule has 2 heteroatoms. The van der Waals surface area contributed by atoms with E-state index in [-0.39, 0.29) is 11.8 Å². The number of amides is 1. The molecule has 0 radical (unpaired) electrons. The van der Waals surface area contributed by atoms with Crippen molar-refractivity contribution in [3.8, 4) is 12.3 Å². The van der Waals surface area contributed by atoms with Gasteiger partial charge in [-0.2, -0.15) is 0 Å². The molecular formula is C18H15NO. The lowest BCUT2D eigenvalue weighted by atomic mass is 9.98. The van der Waals surface area contributed by atoms with Crippen molar-refractivity contribution in [1.82, 2.24) is 0 Å². The summed E-state index contributed by atoms with van der Waals surface area (Å²) in [7, 11) is 0. The van der Waals surface area contributed by atoms with E-state index in [1.54, 1.807) is 0 Å². The molecule has 3 rings (SSSR count). The van der Waals surface area contributed by atoms with Crippen molar-refractivity contribution in [2.45, 2.75) is 18.9 Å². The van der Waals surface area contributed by atoms with Crippen LogP contribution in [0.1, 0.15) is 23.5 Å². The zero-order valence-corrected chi connectivity index (χ0v) is 11.1. The van der Waals surface area contributed by atoms with Crippen LogP contribution >= 0.6 is 0 Å². The summed E-state index contributed by atoms with van der Waals surface area (Å²) in [5.74, 6) is 2.53. The van der Waals surface area contributed by atoms with E-state index >= 15 is 0 Å². The smallest absolute Gasteiger partial charge is 0.235 e. The molecule has 0 aliphatic carbocycles. The predicted octanol–water partition coefficient (Wildman–Crippen LogP) is 3.34. The maximum atomic E-state index is 12.6. The van der Waals surface area contributed by atoms with Crippen molar-refractivity contribution in [2.75, 3.05) is 4.90 Å². The van der Waals surface area contributed by atoms with E-state index in [9.17, 15) is 4.79 Å². The highest BCUT2D eigenvalue weighted by Gasteiger charge is 2.36. The van der Waals surface area contributed by atoms with Gasteiger partial charge < -0.3 is 4.90 Å². The van der Waals surface area contributed by atoms with Gasteiger partial charge in [-0.25, -0.2) is 0 Å². The van der Waals surface area contributed by atoms with Crippen LogP contribution < -0.4 is 4.90 Å². The van der Waals surface area contributed by atoms with E-state index in [4.69, 9.17) is 6.42 Å². The van der Waals surface area contributed by atoms with Gasteiger partial charge in [-0.1, -0.05) is 48.5 Å². The first-order valence-electron chi connectivity index (χ1n) is 6.69. The van der Waals surface area contributed by atoms with Crippen LogP contribution in [0.5, 0.6) is 0 Å². The van der Waals surface area contributed by atoms with Gasteiger partial charge in [0.05, 0.1) is 12.5 Å². The summed E-state index contributed by atoms with van der Waals surface area (Å²) in [6.45, 7) is 0.595. The van der Waals surface area contributed by atoms with E-state index in [0.29, 0.717) is 13.0 Å². The van der Waals surface area contributed by atoms with Gasteiger partial charge in [0, 0.05) is 12.1 Å². The summed E-state index contributed by atoms with van der Waals surface area (Å²) < 4.78 is 0. The van der Waals surface area contributed by atoms with Crippen LogP contribution in [0.15, 0.2) is 54.6 Å². The molecule has 2 aromatic rings. The fraction of sp³-hybridized carbons (Fsp3) is 0.167. The van der Waals surface area contributed by atoms with Gasteiger partial charge in [0.25, 0.3) is 0 Å². The fourth-order valence-corrected chi connectivity index (χ4v) is 2.71. The summed E-state index contributed by atoms with van der Waals surface area (Å²) >= 11 is 0. The second-order valence-electron chi connectivity index (χ2n) is 4.93. The highest BCUT2D eigenvalue weighted by molar-refractivity contribution is 6.05. The normalized spacial score (nSPS) is 16.9. The molecule has 20 heavy (non-hydrogen) atoms. The number of anilines is 1. The van der Waals surface area contributed by atoms with Crippen molar-refractivity contribution < 1.29 is 4.79 Å². The Morgan fingerprint density at radius 1 is 1.05 bits per heavy atom. The van der Waals surface area contributed by atoms with E-state index in [2.05, 4.69) is 5.92 Å². The topological polar surface area (TPSA) is 20.3 Å². The Morgan fingerprint density at radius 2 is 1.75 bits per heavy atom. The number of fused-ring (bicyclic) bond motifs is 1. The van der Waals surface area contributed by atoms with Gasteiger partial charge in [-0.15, -0.1) is 12.3 Å². The zero-order chi connectivity index (χ0) is 13.9. The van der Waals surface area contributed by atoms with E-state index in [1.807, 2.05) is 59.5 Å². The van der Waals surface area contributed by atoms with Crippen LogP contribution in [0.25, 0.3) is 0 Å². The van der Waals surface area contributed by atoms with Crippen molar-refractivity contribution >= 4 is 11.6 Å². The molecule has 2 nitrogen and oxygen atoms in total. The first kappa shape index (κ1) is 12.5. The molecule has 1 atom stereocenters. The Kier molecular flexibility index (Phi) is 3.26. The van der Waals surface area contributed by atoms with Gasteiger partial charge >= 0.3 is 0 Å². The lowest BCUT2D eigenvalue weighted by Crippen LogP contribution is -2.28. The lowest BCUT2D eigenvalue weighted by Gasteiger charge is -2.18. The summed E-state index contributed by atoms with van der Waals surface area (Å²) in [5.41, 5.74) is 3.16. The quantitative estimate of drug-likeness (QED) is 0.776. The van der Waals surface area contributed by atoms with Gasteiger partial charge in [-0.3, -0.25) is 4.79 Å². The number of rotatable bonds is 3. The molecular weight excluding hydrogens is 246 g/mol. The van der Waals surface area contributed by atoms with Gasteiger partial charge in [-0.05, 0) is 17.2 Å². The average Bonchev–Trinajstić information content (AvgIpc) is 2.75. The first-order valence-corrected chi connectivity index (χ1v) is 6.69. The Labute approximate surface area is 119 Å². The van der Waals surface area contributed by atoms with Crippen LogP contribution in [0.2, 0.25) is 0 Å². The number of hydrogen-bond donors (Lipinski definition) is 0. The largest absolute Gasteiger partial charge is 0.307 e. The van der Waals surface area contributed by atoms with Crippen molar-refractivity contribution in [3.05, 3.63) is 65.7 Å². The molecule has 1 aliphatic rings. The predicted molar refractivity (Wildman–Crippen MR) is 80.3 cm³/mol. The summed E-state index contributed by atoms with van der Waals surface area (Å²) in [6.07, 6.45) is 5.86. The number of hydrogen-bond acceptors (Lipinski definition) is 1. The number of carbonyl (C=O) groups excluding carboxylic acids is 1. The highest BCUT2D eigenvalue weighted by atomic mass is 16.2. The minimum atomic E-state index is -0.195. The number of terminal acetylenes is 1. The fourth-order valence-electron chi connectivity index (χ4n) is 2.71. The lowest BCUT2D eigenvalue weighted by molar-refractivity contribution is -0.119. The van der Waals surface area contributed by atoms with Crippen molar-refractivity contribution in [2.24, 2.45) is 0 Å². The molecule has 98 valence electrons. The van der Waals surface area contributed by atoms with Gasteiger partial charge in [0.15, 0.2) is 0 Å². The Balaban J connectivity index is 1.96. The third kappa shape index (κ3) is 2.08. The number of para-hydroxylation sites is 1. The third-order valence-corrected chi connectivity index (χ3v) is 3.67. The van der Waals surface area contributed by atoms with Gasteiger partial charge in [0.2, 0.25) is 5.91 Å². The molecule has 0 fully saturated rings. The van der Waals surface area contributed by atoms with Crippen molar-refractivity contribution in [3.63, 3.8) is 0 Å². The van der Waals surface area contributed by atoms with Crippen LogP contribution in [0.3, 0.4) is 0 Å². The second-order valence-corrected chi connectivity index (χ2v) is 4.93. The molecule has 0 spiro atoms. The van der Waals surface area contributed by atoms with Crippen LogP contribution in [0.4, 0.5) is 5.69 Å². The number of benzene rings is 2. The monoisotopic (exact) mass is 261 g/mol. The molecule has 1 unspecified atom stereocenters. The Morgan fingerprint density at radius 3 is 2.50 bits per heavy atom. The van der Waals surface area contributed by atoms with Crippen LogP contribution in [-0.4, -0.2) is 5.91 Å². The first-order chi connectivity index (χ1) is 9.81. The summed E-state index contributed by atoms with van der Waals surface area (Å²) in [4.78, 5) is 14.4. The van der Waals surface area contributed by atoms with E-state index in [1.165, 1.54) is 0 Å². The molecule has 0 N–H and O–H groups in total. The Hall–Kier alpha value is -2.53. The van der Waals surface area contributed by atoms with Crippen LogP contribution in [0, 0.1) is 12.3 Å². The van der Waals surface area contributed by atoms with Crippen molar-refractivity contribution in [1.29, 1.82) is 0 Å². The second kappa shape index (κ2) is 5.22. The standard InChI is InChI=1S/C18H15NO/c1-2-8-16-15-11-6-7-12-17(15)19(18(16)20)13-14-9-4-3-5-10-14/h1,3-7,9-12,16H,8,13H2. The van der Waals surface area contributed by atoms with Crippen LogP contribution in [-0.2, 0) is 11.3 Å². The summed E-state index contributed by atoms with van der Waals surface area (Å²) in [6, 6.07) is 17.9. The molecule has 1 aliphatic heterocycles. The molecule has 0 saturated carbocycles. The SMILES string of the molecule is C#CCC1C(=O)N(Cc2ccccc2)c2ccccc21. The third-order valence-electron chi connectivity index (χ3n) is 3.67. The maximum Gasteiger partial charge on any atom is 0.235 e. The minimum Gasteiger partial charge on any atom is -0.307 e. The summed E-state index contributed by atoms with van der Waals surface area (Å²) in [5, 5.41) is 0. The molecule has 0 aromatic heterocycles. The molecule has 1 heterocycles. The molecule has 0 saturated heterocycles. The van der Waals surface area contributed by atoms with Gasteiger partial charge in [0.1, 0.15) is 0 Å².